The Balaban J connectivity index is 2.20. The SMILES string of the molecule is COC(=O)NNC(=O)C(c1ccc(Cl)cc1)N(N)Cc1ccccc1. The number of nitrogens with one attached hydrogen (secondary N) is 2. The van der Waals surface area contributed by atoms with Gasteiger partial charge in [0.25, 0.3) is 5.91 Å². The molecule has 132 valence electrons. The smallest absolute Gasteiger partial charge is 0.425 e. The minimum atomic E-state index is -0.838. The Hall–Kier alpha value is -2.61. The van der Waals surface area contributed by atoms with Gasteiger partial charge in [-0.2, -0.15) is 0 Å². The van der Waals surface area contributed by atoms with Crippen molar-refractivity contribution in [3.63, 3.8) is 0 Å². The molecule has 2 aromatic carbocycles. The van der Waals surface area contributed by atoms with Crippen LogP contribution in [0.25, 0.3) is 0 Å². The van der Waals surface area contributed by atoms with Crippen LogP contribution in [0.4, 0.5) is 4.79 Å². The second-order valence-electron chi connectivity index (χ2n) is 5.22. The van der Waals surface area contributed by atoms with E-state index in [1.165, 1.54) is 12.1 Å². The van der Waals surface area contributed by atoms with E-state index in [-0.39, 0.29) is 0 Å². The van der Waals surface area contributed by atoms with Crippen molar-refractivity contribution in [1.82, 2.24) is 15.9 Å². The summed E-state index contributed by atoms with van der Waals surface area (Å²) in [6.45, 7) is 0.333. The van der Waals surface area contributed by atoms with E-state index >= 15 is 0 Å². The molecule has 0 aliphatic heterocycles. The maximum Gasteiger partial charge on any atom is 0.425 e. The van der Waals surface area contributed by atoms with E-state index in [1.807, 2.05) is 30.3 Å². The van der Waals surface area contributed by atoms with Gasteiger partial charge in [-0.05, 0) is 23.3 Å². The fraction of sp³-hybridized carbons (Fsp3) is 0.176. The summed E-state index contributed by atoms with van der Waals surface area (Å²) in [5, 5.41) is 1.93. The third kappa shape index (κ3) is 5.46. The number of nitrogens with zero attached hydrogens (tertiary/aromatic N) is 1. The van der Waals surface area contributed by atoms with E-state index in [0.29, 0.717) is 17.1 Å². The van der Waals surface area contributed by atoms with Crippen LogP contribution in [0.3, 0.4) is 0 Å². The molecule has 25 heavy (non-hydrogen) atoms. The molecule has 0 aromatic heterocycles. The number of carbonyl (C=O) groups excluding carboxylic acids is 2. The van der Waals surface area contributed by atoms with Gasteiger partial charge in [0, 0.05) is 11.6 Å². The molecule has 2 rings (SSSR count). The Labute approximate surface area is 150 Å². The molecule has 7 nitrogen and oxygen atoms in total. The number of halogens is 1. The number of amides is 2. The highest BCUT2D eigenvalue weighted by molar-refractivity contribution is 6.30. The van der Waals surface area contributed by atoms with Crippen LogP contribution < -0.4 is 16.7 Å². The number of rotatable bonds is 5. The first-order chi connectivity index (χ1) is 12.0. The second-order valence-corrected chi connectivity index (χ2v) is 5.65. The largest absolute Gasteiger partial charge is 0.452 e. The van der Waals surface area contributed by atoms with Gasteiger partial charge >= 0.3 is 6.09 Å². The second kappa shape index (κ2) is 9.03. The minimum Gasteiger partial charge on any atom is -0.452 e. The maximum absolute atomic E-state index is 12.5. The van der Waals surface area contributed by atoms with Crippen molar-refractivity contribution in [2.45, 2.75) is 12.6 Å². The molecular formula is C17H19ClN4O3. The zero-order valence-corrected chi connectivity index (χ0v) is 14.4. The van der Waals surface area contributed by atoms with Crippen LogP contribution in [-0.4, -0.2) is 24.1 Å². The molecule has 0 saturated heterocycles. The monoisotopic (exact) mass is 362 g/mol. The summed E-state index contributed by atoms with van der Waals surface area (Å²) < 4.78 is 4.43. The average Bonchev–Trinajstić information content (AvgIpc) is 2.62. The molecule has 0 spiro atoms. The van der Waals surface area contributed by atoms with E-state index < -0.39 is 18.0 Å². The summed E-state index contributed by atoms with van der Waals surface area (Å²) in [5.74, 6) is 5.65. The van der Waals surface area contributed by atoms with Crippen molar-refractivity contribution in [3.8, 4) is 0 Å². The number of hydrogen-bond acceptors (Lipinski definition) is 5. The summed E-state index contributed by atoms with van der Waals surface area (Å²) in [5.41, 5.74) is 6.01. The lowest BCUT2D eigenvalue weighted by atomic mass is 10.1. The fourth-order valence-corrected chi connectivity index (χ4v) is 2.38. The van der Waals surface area contributed by atoms with E-state index in [9.17, 15) is 9.59 Å². The van der Waals surface area contributed by atoms with E-state index in [4.69, 9.17) is 17.4 Å². The molecule has 0 bridgehead atoms. The lowest BCUT2D eigenvalue weighted by Crippen LogP contribution is -2.49. The number of methoxy groups -OCH3 is 1. The van der Waals surface area contributed by atoms with E-state index in [2.05, 4.69) is 15.6 Å². The minimum absolute atomic E-state index is 0.333. The first-order valence-electron chi connectivity index (χ1n) is 7.46. The van der Waals surface area contributed by atoms with Crippen molar-refractivity contribution in [2.24, 2.45) is 5.84 Å². The molecule has 8 heteroatoms. The quantitative estimate of drug-likeness (QED) is 0.559. The summed E-state index contributed by atoms with van der Waals surface area (Å²) in [7, 11) is 1.20. The third-order valence-corrected chi connectivity index (χ3v) is 3.70. The first kappa shape index (κ1) is 18.7. The van der Waals surface area contributed by atoms with Gasteiger partial charge in [-0.15, -0.1) is 0 Å². The molecule has 0 aliphatic carbocycles. The van der Waals surface area contributed by atoms with Crippen molar-refractivity contribution in [1.29, 1.82) is 0 Å². The first-order valence-corrected chi connectivity index (χ1v) is 7.83. The fourth-order valence-electron chi connectivity index (χ4n) is 2.26. The topological polar surface area (TPSA) is 96.7 Å². The summed E-state index contributed by atoms with van der Waals surface area (Å²) in [4.78, 5) is 23.7. The molecule has 0 heterocycles. The summed E-state index contributed by atoms with van der Waals surface area (Å²) in [6.07, 6.45) is -0.783. The van der Waals surface area contributed by atoms with Crippen LogP contribution in [0, 0.1) is 0 Å². The zero-order chi connectivity index (χ0) is 18.2. The van der Waals surface area contributed by atoms with Gasteiger partial charge in [0.15, 0.2) is 0 Å². The molecule has 0 fully saturated rings. The van der Waals surface area contributed by atoms with Crippen molar-refractivity contribution < 1.29 is 14.3 Å². The van der Waals surface area contributed by atoms with Gasteiger partial charge in [0.05, 0.1) is 7.11 Å². The Morgan fingerprint density at radius 2 is 1.76 bits per heavy atom. The molecule has 1 atom stereocenters. The molecule has 0 aliphatic rings. The normalized spacial score (nSPS) is 11.7. The Kier molecular flexibility index (Phi) is 6.76. The Bertz CT molecular complexity index is 710. The highest BCUT2D eigenvalue weighted by Gasteiger charge is 2.26. The molecule has 4 N–H and O–H groups in total. The average molecular weight is 363 g/mol. The van der Waals surface area contributed by atoms with Crippen LogP contribution in [0.15, 0.2) is 54.6 Å². The Morgan fingerprint density at radius 1 is 1.12 bits per heavy atom. The zero-order valence-electron chi connectivity index (χ0n) is 13.6. The number of ether oxygens (including phenoxy) is 1. The predicted octanol–water partition coefficient (Wildman–Crippen LogP) is 2.14. The van der Waals surface area contributed by atoms with Crippen LogP contribution in [0.5, 0.6) is 0 Å². The predicted molar refractivity (Wildman–Crippen MR) is 94.0 cm³/mol. The van der Waals surface area contributed by atoms with Crippen LogP contribution in [0.1, 0.15) is 17.2 Å². The van der Waals surface area contributed by atoms with Crippen molar-refractivity contribution in [3.05, 3.63) is 70.7 Å². The van der Waals surface area contributed by atoms with Gasteiger partial charge < -0.3 is 4.74 Å². The molecular weight excluding hydrogens is 344 g/mol. The van der Waals surface area contributed by atoms with Crippen LogP contribution in [-0.2, 0) is 16.1 Å². The number of hydrogen-bond donors (Lipinski definition) is 3. The highest BCUT2D eigenvalue weighted by Crippen LogP contribution is 2.22. The molecule has 1 unspecified atom stereocenters. The van der Waals surface area contributed by atoms with Gasteiger partial charge in [-0.3, -0.25) is 16.1 Å². The lowest BCUT2D eigenvalue weighted by Gasteiger charge is -2.27. The molecule has 2 aromatic rings. The standard InChI is InChI=1S/C17H19ClN4O3/c1-25-17(24)21-20-16(23)15(13-7-9-14(18)10-8-13)22(19)11-12-5-3-2-4-6-12/h2-10,15H,11,19H2,1H3,(H,20,23)(H,21,24). The Morgan fingerprint density at radius 3 is 2.36 bits per heavy atom. The van der Waals surface area contributed by atoms with Gasteiger partial charge in [0.2, 0.25) is 0 Å². The molecule has 0 radical (unpaired) electrons. The number of benzene rings is 2. The number of hydrazine groups is 2. The van der Waals surface area contributed by atoms with Crippen LogP contribution >= 0.6 is 11.6 Å². The van der Waals surface area contributed by atoms with Crippen LogP contribution in [0.2, 0.25) is 5.02 Å². The van der Waals surface area contributed by atoms with E-state index in [0.717, 1.165) is 5.56 Å². The van der Waals surface area contributed by atoms with Crippen molar-refractivity contribution in [2.75, 3.05) is 7.11 Å². The lowest BCUT2D eigenvalue weighted by molar-refractivity contribution is -0.128. The van der Waals surface area contributed by atoms with Gasteiger partial charge in [-0.1, -0.05) is 54.1 Å². The highest BCUT2D eigenvalue weighted by atomic mass is 35.5. The molecule has 0 saturated carbocycles. The summed E-state index contributed by atoms with van der Waals surface area (Å²) >= 11 is 5.91. The number of nitrogens with two attached hydrogens (primary N) is 1. The maximum atomic E-state index is 12.5. The van der Waals surface area contributed by atoms with Gasteiger partial charge in [0.1, 0.15) is 6.04 Å². The van der Waals surface area contributed by atoms with Crippen molar-refractivity contribution >= 4 is 23.6 Å². The number of carbonyl (C=O) groups is 2. The van der Waals surface area contributed by atoms with Gasteiger partial charge in [-0.25, -0.2) is 15.2 Å². The van der Waals surface area contributed by atoms with E-state index in [1.54, 1.807) is 24.3 Å². The molecule has 2 amide bonds. The third-order valence-electron chi connectivity index (χ3n) is 3.45. The summed E-state index contributed by atoms with van der Waals surface area (Å²) in [6, 6.07) is 15.4.